The van der Waals surface area contributed by atoms with Gasteiger partial charge in [0.2, 0.25) is 0 Å². The van der Waals surface area contributed by atoms with Gasteiger partial charge in [0.25, 0.3) is 5.91 Å². The van der Waals surface area contributed by atoms with Crippen LogP contribution in [0.25, 0.3) is 0 Å². The third-order valence-corrected chi connectivity index (χ3v) is 5.71. The predicted molar refractivity (Wildman–Crippen MR) is 113 cm³/mol. The molecule has 0 bridgehead atoms. The second-order valence-corrected chi connectivity index (χ2v) is 8.70. The van der Waals surface area contributed by atoms with Crippen molar-refractivity contribution in [2.75, 3.05) is 13.1 Å². The molecule has 2 unspecified atom stereocenters. The molecule has 152 valence electrons. The van der Waals surface area contributed by atoms with Crippen molar-refractivity contribution in [3.8, 4) is 0 Å². The molecule has 1 aliphatic rings. The van der Waals surface area contributed by atoms with E-state index in [1.54, 1.807) is 0 Å². The van der Waals surface area contributed by atoms with Gasteiger partial charge >= 0.3 is 0 Å². The molecular formula is C21H29BrN4O2. The Morgan fingerprint density at radius 2 is 1.86 bits per heavy atom. The molecule has 3 rings (SSSR count). The van der Waals surface area contributed by atoms with Crippen LogP contribution in [0.5, 0.6) is 0 Å². The summed E-state index contributed by atoms with van der Waals surface area (Å²) in [5.74, 6) is 0.0869. The van der Waals surface area contributed by atoms with Crippen LogP contribution in [0.1, 0.15) is 60.9 Å². The van der Waals surface area contributed by atoms with Gasteiger partial charge < -0.3 is 10.1 Å². The highest BCUT2D eigenvalue weighted by Crippen LogP contribution is 2.25. The topological polar surface area (TPSA) is 70.2 Å². The summed E-state index contributed by atoms with van der Waals surface area (Å²) in [6, 6.07) is 8.41. The number of H-pyrrole nitrogens is 1. The lowest BCUT2D eigenvalue weighted by Crippen LogP contribution is -2.44. The molecule has 0 spiro atoms. The van der Waals surface area contributed by atoms with Gasteiger partial charge in [-0.3, -0.25) is 14.8 Å². The number of carbonyl (C=O) groups excluding carboxylic acids is 1. The molecule has 1 amide bonds. The molecule has 2 heterocycles. The molecule has 1 fully saturated rings. The van der Waals surface area contributed by atoms with E-state index in [2.05, 4.69) is 88.3 Å². The molecule has 6 nitrogen and oxygen atoms in total. The monoisotopic (exact) mass is 448 g/mol. The third-order valence-electron chi connectivity index (χ3n) is 4.90. The lowest BCUT2D eigenvalue weighted by molar-refractivity contribution is -0.0704. The minimum absolute atomic E-state index is 0.185. The molecule has 0 saturated carbocycles. The smallest absolute Gasteiger partial charge is 0.273 e. The number of halogens is 1. The highest BCUT2D eigenvalue weighted by molar-refractivity contribution is 9.10. The second kappa shape index (κ2) is 9.20. The van der Waals surface area contributed by atoms with Gasteiger partial charge in [-0.15, -0.1) is 0 Å². The largest absolute Gasteiger partial charge is 0.373 e. The number of morpholine rings is 1. The molecular weight excluding hydrogens is 420 g/mol. The van der Waals surface area contributed by atoms with Crippen LogP contribution >= 0.6 is 15.9 Å². The summed E-state index contributed by atoms with van der Waals surface area (Å²) >= 11 is 3.48. The lowest BCUT2D eigenvalue weighted by atomic mass is 10.1. The standard InChI is InChI=1S/C21H29BrN4O2/c1-13(2)19-18(22)20(25-24-19)21(27)23-9-16-5-7-17(8-6-16)12-26-10-14(3)28-15(4)11-26/h5-8,13-15H,9-12H2,1-4H3,(H,23,27)(H,24,25). The summed E-state index contributed by atoms with van der Waals surface area (Å²) in [5.41, 5.74) is 3.67. The summed E-state index contributed by atoms with van der Waals surface area (Å²) in [7, 11) is 0. The van der Waals surface area contributed by atoms with E-state index in [0.29, 0.717) is 12.2 Å². The summed E-state index contributed by atoms with van der Waals surface area (Å²) in [6.07, 6.45) is 0.548. The van der Waals surface area contributed by atoms with Crippen molar-refractivity contribution in [3.05, 3.63) is 51.3 Å². The van der Waals surface area contributed by atoms with Crippen molar-refractivity contribution in [3.63, 3.8) is 0 Å². The van der Waals surface area contributed by atoms with Gasteiger partial charge in [-0.2, -0.15) is 5.10 Å². The number of nitrogens with zero attached hydrogens (tertiary/aromatic N) is 2. The molecule has 1 saturated heterocycles. The van der Waals surface area contributed by atoms with Crippen LogP contribution in [0.2, 0.25) is 0 Å². The Morgan fingerprint density at radius 3 is 2.43 bits per heavy atom. The fourth-order valence-electron chi connectivity index (χ4n) is 3.58. The number of hydrogen-bond acceptors (Lipinski definition) is 4. The zero-order valence-corrected chi connectivity index (χ0v) is 18.5. The first-order chi connectivity index (χ1) is 13.3. The maximum atomic E-state index is 12.4. The molecule has 1 aromatic carbocycles. The fourth-order valence-corrected chi connectivity index (χ4v) is 4.39. The predicted octanol–water partition coefficient (Wildman–Crippen LogP) is 3.83. The van der Waals surface area contributed by atoms with E-state index in [-0.39, 0.29) is 24.0 Å². The Kier molecular flexibility index (Phi) is 6.91. The van der Waals surface area contributed by atoms with Gasteiger partial charge in [-0.25, -0.2) is 0 Å². The van der Waals surface area contributed by atoms with Crippen molar-refractivity contribution < 1.29 is 9.53 Å². The van der Waals surface area contributed by atoms with Gasteiger partial charge in [0.05, 0.1) is 22.4 Å². The van der Waals surface area contributed by atoms with Crippen LogP contribution in [0.3, 0.4) is 0 Å². The molecule has 2 aromatic rings. The van der Waals surface area contributed by atoms with Crippen LogP contribution in [0, 0.1) is 0 Å². The van der Waals surface area contributed by atoms with Crippen LogP contribution in [-0.2, 0) is 17.8 Å². The van der Waals surface area contributed by atoms with E-state index < -0.39 is 0 Å². The average molecular weight is 449 g/mol. The molecule has 7 heteroatoms. The number of hydrogen-bond donors (Lipinski definition) is 2. The Balaban J connectivity index is 1.54. The Labute approximate surface area is 175 Å². The van der Waals surface area contributed by atoms with Gasteiger partial charge in [0.1, 0.15) is 0 Å². The van der Waals surface area contributed by atoms with Gasteiger partial charge in [0, 0.05) is 26.2 Å². The Hall–Kier alpha value is -1.70. The SMILES string of the molecule is CC1CN(Cc2ccc(CNC(=O)c3n[nH]c(C(C)C)c3Br)cc2)CC(C)O1. The molecule has 0 aliphatic carbocycles. The summed E-state index contributed by atoms with van der Waals surface area (Å²) < 4.78 is 6.53. The quantitative estimate of drug-likeness (QED) is 0.703. The maximum absolute atomic E-state index is 12.4. The number of ether oxygens (including phenoxy) is 1. The first-order valence-corrected chi connectivity index (χ1v) is 10.6. The summed E-state index contributed by atoms with van der Waals surface area (Å²) in [5, 5.41) is 10.0. The first kappa shape index (κ1) is 21.0. The van der Waals surface area contributed by atoms with Gasteiger partial charge in [0.15, 0.2) is 5.69 Å². The Bertz CT molecular complexity index is 793. The number of aromatic amines is 1. The van der Waals surface area contributed by atoms with E-state index >= 15 is 0 Å². The summed E-state index contributed by atoms with van der Waals surface area (Å²) in [6.45, 7) is 11.7. The van der Waals surface area contributed by atoms with E-state index in [4.69, 9.17) is 4.74 Å². The number of benzene rings is 1. The van der Waals surface area contributed by atoms with Gasteiger partial charge in [-0.1, -0.05) is 38.1 Å². The zero-order chi connectivity index (χ0) is 20.3. The molecule has 28 heavy (non-hydrogen) atoms. The average Bonchev–Trinajstić information content (AvgIpc) is 3.02. The van der Waals surface area contributed by atoms with E-state index in [0.717, 1.165) is 35.4 Å². The zero-order valence-electron chi connectivity index (χ0n) is 17.0. The van der Waals surface area contributed by atoms with Crippen LogP contribution in [0.4, 0.5) is 0 Å². The number of carbonyl (C=O) groups is 1. The third kappa shape index (κ3) is 5.21. The number of nitrogens with one attached hydrogen (secondary N) is 2. The van der Waals surface area contributed by atoms with Crippen LogP contribution < -0.4 is 5.32 Å². The molecule has 2 atom stereocenters. The lowest BCUT2D eigenvalue weighted by Gasteiger charge is -2.35. The highest BCUT2D eigenvalue weighted by Gasteiger charge is 2.22. The molecule has 1 aromatic heterocycles. The minimum atomic E-state index is -0.185. The molecule has 0 radical (unpaired) electrons. The fraction of sp³-hybridized carbons (Fsp3) is 0.524. The van der Waals surface area contributed by atoms with Crippen LogP contribution in [-0.4, -0.2) is 46.3 Å². The maximum Gasteiger partial charge on any atom is 0.273 e. The minimum Gasteiger partial charge on any atom is -0.373 e. The number of aromatic nitrogens is 2. The van der Waals surface area contributed by atoms with Crippen LogP contribution in [0.15, 0.2) is 28.7 Å². The highest BCUT2D eigenvalue weighted by atomic mass is 79.9. The molecule has 1 aliphatic heterocycles. The van der Waals surface area contributed by atoms with Crippen molar-refractivity contribution >= 4 is 21.8 Å². The van der Waals surface area contributed by atoms with E-state index in [1.165, 1.54) is 5.56 Å². The summed E-state index contributed by atoms with van der Waals surface area (Å²) in [4.78, 5) is 14.9. The van der Waals surface area contributed by atoms with Crippen molar-refractivity contribution in [1.29, 1.82) is 0 Å². The van der Waals surface area contributed by atoms with Crippen molar-refractivity contribution in [2.24, 2.45) is 0 Å². The van der Waals surface area contributed by atoms with E-state index in [9.17, 15) is 4.79 Å². The Morgan fingerprint density at radius 1 is 1.25 bits per heavy atom. The number of amides is 1. The second-order valence-electron chi connectivity index (χ2n) is 7.91. The van der Waals surface area contributed by atoms with Crippen molar-refractivity contribution in [1.82, 2.24) is 20.4 Å². The van der Waals surface area contributed by atoms with E-state index in [1.807, 2.05) is 0 Å². The first-order valence-electron chi connectivity index (χ1n) is 9.81. The normalized spacial score (nSPS) is 20.5. The van der Waals surface area contributed by atoms with Crippen molar-refractivity contribution in [2.45, 2.75) is 58.9 Å². The van der Waals surface area contributed by atoms with Gasteiger partial charge in [-0.05, 0) is 46.8 Å². The number of rotatable bonds is 6. The molecule has 2 N–H and O–H groups in total.